The van der Waals surface area contributed by atoms with Crippen molar-refractivity contribution in [2.45, 2.75) is 320 Å². The van der Waals surface area contributed by atoms with Gasteiger partial charge in [0.2, 0.25) is 5.91 Å². The molecule has 0 radical (unpaired) electrons. The molecule has 11 heteroatoms. The number of aliphatic hydroxyl groups excluding tert-OH is 5. The van der Waals surface area contributed by atoms with Crippen LogP contribution in [0.3, 0.4) is 0 Å². The molecule has 1 heterocycles. The lowest BCUT2D eigenvalue weighted by molar-refractivity contribution is -0.305. The molecule has 77 heavy (non-hydrogen) atoms. The van der Waals surface area contributed by atoms with Crippen LogP contribution >= 0.6 is 0 Å². The van der Waals surface area contributed by atoms with E-state index in [1.54, 1.807) is 6.08 Å². The highest BCUT2D eigenvalue weighted by atomic mass is 16.7. The van der Waals surface area contributed by atoms with E-state index >= 15 is 0 Å². The number of nitrogens with one attached hydrogen (secondary N) is 1. The molecule has 8 unspecified atom stereocenters. The highest BCUT2D eigenvalue weighted by molar-refractivity contribution is 5.80. The van der Waals surface area contributed by atoms with Gasteiger partial charge in [-0.2, -0.15) is 0 Å². The van der Waals surface area contributed by atoms with Gasteiger partial charge in [0.1, 0.15) is 24.4 Å². The largest absolute Gasteiger partial charge is 0.454 e. The number of allylic oxidation sites excluding steroid dienone is 11. The fourth-order valence-electron chi connectivity index (χ4n) is 9.74. The lowest BCUT2D eigenvalue weighted by Crippen LogP contribution is -2.61. The minimum atomic E-state index is -1.63. The number of ether oxygens (including phenoxy) is 3. The van der Waals surface area contributed by atoms with Crippen LogP contribution in [-0.4, -0.2) is 99.6 Å². The number of hydrogen-bond acceptors (Lipinski definition) is 10. The van der Waals surface area contributed by atoms with E-state index in [-0.39, 0.29) is 19.4 Å². The van der Waals surface area contributed by atoms with E-state index in [0.29, 0.717) is 12.8 Å². The lowest BCUT2D eigenvalue weighted by Gasteiger charge is -2.41. The summed E-state index contributed by atoms with van der Waals surface area (Å²) in [4.78, 5) is 26.5. The standard InChI is InChI=1S/C66H117NO10/c1-4-7-10-13-16-19-22-24-25-26-27-28-29-30-31-32-33-34-35-36-39-42-45-48-51-54-61(71)77-64-63(73)62(72)60(55-68)76-66(64)75-56-57(58(69)52-49-46-43-40-37-21-18-15-12-9-6-3)67-65(74)59(70)53-50-47-44-41-38-23-20-17-14-11-8-5-2/h8,11,14,17,20,23,38,41,44,47,49,52,57-60,62-64,66,68-70,72-73H,4-7,9-10,12-13,15-16,18-19,21-22,24-37,39-40,42-43,45-46,48,50-51,53-56H2,1-3H3,(H,67,74)/b11-8+,17-14+,23-20-,41-38-,47-44+,52-49+. The molecule has 0 bridgehead atoms. The Balaban J connectivity index is 2.58. The van der Waals surface area contributed by atoms with Crippen molar-refractivity contribution in [3.63, 3.8) is 0 Å². The van der Waals surface area contributed by atoms with Crippen LogP contribution in [-0.2, 0) is 23.8 Å². The van der Waals surface area contributed by atoms with Crippen LogP contribution in [0.2, 0.25) is 0 Å². The first-order valence-corrected chi connectivity index (χ1v) is 31.8. The van der Waals surface area contributed by atoms with E-state index in [4.69, 9.17) is 14.2 Å². The number of unbranched alkanes of at least 4 members (excludes halogenated alkanes) is 33. The normalized spacial score (nSPS) is 19.5. The molecule has 11 nitrogen and oxygen atoms in total. The van der Waals surface area contributed by atoms with Crippen molar-refractivity contribution < 1.29 is 49.3 Å². The van der Waals surface area contributed by atoms with E-state index in [0.717, 1.165) is 51.4 Å². The van der Waals surface area contributed by atoms with Gasteiger partial charge >= 0.3 is 5.97 Å². The van der Waals surface area contributed by atoms with Gasteiger partial charge in [0.15, 0.2) is 12.4 Å². The molecule has 1 saturated heterocycles. The summed E-state index contributed by atoms with van der Waals surface area (Å²) in [6.07, 6.45) is 58.5. The summed E-state index contributed by atoms with van der Waals surface area (Å²) in [5, 5.41) is 56.7. The predicted octanol–water partition coefficient (Wildman–Crippen LogP) is 15.2. The monoisotopic (exact) mass is 1080 g/mol. The summed E-state index contributed by atoms with van der Waals surface area (Å²) < 4.78 is 17.6. The third kappa shape index (κ3) is 41.7. The summed E-state index contributed by atoms with van der Waals surface area (Å²) in [5.74, 6) is -1.27. The number of esters is 1. The minimum Gasteiger partial charge on any atom is -0.454 e. The van der Waals surface area contributed by atoms with Gasteiger partial charge in [-0.3, -0.25) is 9.59 Å². The zero-order chi connectivity index (χ0) is 56.1. The van der Waals surface area contributed by atoms with Crippen molar-refractivity contribution in [2.24, 2.45) is 0 Å². The zero-order valence-electron chi connectivity index (χ0n) is 49.3. The van der Waals surface area contributed by atoms with Gasteiger partial charge in [-0.1, -0.05) is 299 Å². The maximum Gasteiger partial charge on any atom is 0.306 e. The lowest BCUT2D eigenvalue weighted by atomic mass is 9.99. The van der Waals surface area contributed by atoms with Gasteiger partial charge in [0.05, 0.1) is 25.4 Å². The van der Waals surface area contributed by atoms with Crippen LogP contribution in [0.5, 0.6) is 0 Å². The molecular weight excluding hydrogens is 967 g/mol. The Hall–Kier alpha value is -2.90. The summed E-state index contributed by atoms with van der Waals surface area (Å²) in [7, 11) is 0. The van der Waals surface area contributed by atoms with Crippen molar-refractivity contribution >= 4 is 11.9 Å². The first-order chi connectivity index (χ1) is 37.7. The van der Waals surface area contributed by atoms with E-state index < -0.39 is 67.4 Å². The summed E-state index contributed by atoms with van der Waals surface area (Å²) in [5.41, 5.74) is 0. The molecule has 0 spiro atoms. The molecule has 0 saturated carbocycles. The molecule has 1 rings (SSSR count). The average molecular weight is 1080 g/mol. The zero-order valence-corrected chi connectivity index (χ0v) is 49.3. The molecule has 1 aliphatic rings. The van der Waals surface area contributed by atoms with Crippen LogP contribution in [0.15, 0.2) is 72.9 Å². The smallest absolute Gasteiger partial charge is 0.306 e. The summed E-state index contributed by atoms with van der Waals surface area (Å²) >= 11 is 0. The first-order valence-electron chi connectivity index (χ1n) is 31.8. The molecule has 0 aromatic rings. The molecule has 6 N–H and O–H groups in total. The topological polar surface area (TPSA) is 175 Å². The molecule has 446 valence electrons. The van der Waals surface area contributed by atoms with Crippen molar-refractivity contribution in [3.05, 3.63) is 72.9 Å². The maximum atomic E-state index is 13.3. The van der Waals surface area contributed by atoms with Crippen LogP contribution in [0.1, 0.15) is 271 Å². The second-order valence-corrected chi connectivity index (χ2v) is 21.9. The Labute approximate surface area is 471 Å². The van der Waals surface area contributed by atoms with Crippen LogP contribution in [0, 0.1) is 0 Å². The SMILES string of the molecule is CC/C=C/C=C/C=C\C=C/C=C/CCC(O)C(=O)NC(COC1OC(CO)C(O)C(O)C1OC(=O)CCCCCCCCCCCCCCCCCCCCCCCCCCC)C(O)/C=C/CCCCCCCCCCC. The second kappa shape index (κ2) is 53.7. The third-order valence-electron chi connectivity index (χ3n) is 14.8. The Morgan fingerprint density at radius 1 is 0.519 bits per heavy atom. The number of aliphatic hydroxyl groups is 5. The Bertz CT molecular complexity index is 1530. The maximum absolute atomic E-state index is 13.3. The number of rotatable bonds is 53. The van der Waals surface area contributed by atoms with Crippen LogP contribution in [0.4, 0.5) is 0 Å². The van der Waals surface area contributed by atoms with Gasteiger partial charge in [0, 0.05) is 6.42 Å². The number of carbonyl (C=O) groups is 2. The highest BCUT2D eigenvalue weighted by Crippen LogP contribution is 2.26. The van der Waals surface area contributed by atoms with E-state index in [1.165, 1.54) is 173 Å². The third-order valence-corrected chi connectivity index (χ3v) is 14.8. The molecule has 1 amide bonds. The van der Waals surface area contributed by atoms with Crippen molar-refractivity contribution in [1.82, 2.24) is 5.32 Å². The first kappa shape index (κ1) is 72.1. The Morgan fingerprint density at radius 3 is 1.38 bits per heavy atom. The highest BCUT2D eigenvalue weighted by Gasteiger charge is 2.47. The number of carbonyl (C=O) groups excluding carboxylic acids is 2. The predicted molar refractivity (Wildman–Crippen MR) is 319 cm³/mol. The minimum absolute atomic E-state index is 0.116. The fourth-order valence-corrected chi connectivity index (χ4v) is 9.74. The molecular formula is C66H117NO10. The molecule has 1 aliphatic heterocycles. The molecule has 0 aliphatic carbocycles. The van der Waals surface area contributed by atoms with E-state index in [9.17, 15) is 35.1 Å². The van der Waals surface area contributed by atoms with Gasteiger partial charge in [-0.25, -0.2) is 0 Å². The van der Waals surface area contributed by atoms with Crippen LogP contribution in [0.25, 0.3) is 0 Å². The van der Waals surface area contributed by atoms with Crippen LogP contribution < -0.4 is 5.32 Å². The fraction of sp³-hybridized carbons (Fsp3) is 0.788. The quantitative estimate of drug-likeness (QED) is 0.0149. The van der Waals surface area contributed by atoms with Gasteiger partial charge in [0.25, 0.3) is 0 Å². The van der Waals surface area contributed by atoms with Gasteiger partial charge in [-0.15, -0.1) is 0 Å². The van der Waals surface area contributed by atoms with Crippen molar-refractivity contribution in [1.29, 1.82) is 0 Å². The van der Waals surface area contributed by atoms with Crippen molar-refractivity contribution in [3.8, 4) is 0 Å². The second-order valence-electron chi connectivity index (χ2n) is 21.9. The van der Waals surface area contributed by atoms with Crippen molar-refractivity contribution in [2.75, 3.05) is 13.2 Å². The van der Waals surface area contributed by atoms with E-state index in [1.807, 2.05) is 60.8 Å². The molecule has 1 fully saturated rings. The van der Waals surface area contributed by atoms with Gasteiger partial charge < -0.3 is 45.1 Å². The summed E-state index contributed by atoms with van der Waals surface area (Å²) in [6, 6.07) is -1.06. The van der Waals surface area contributed by atoms with E-state index in [2.05, 4.69) is 32.2 Å². The Morgan fingerprint density at radius 2 is 0.935 bits per heavy atom. The average Bonchev–Trinajstić information content (AvgIpc) is 3.43. The number of amides is 1. The van der Waals surface area contributed by atoms with Gasteiger partial charge in [-0.05, 0) is 38.5 Å². The molecule has 0 aromatic carbocycles. The number of hydrogen-bond donors (Lipinski definition) is 6. The molecule has 0 aromatic heterocycles. The summed E-state index contributed by atoms with van der Waals surface area (Å²) in [6.45, 7) is 5.60. The Kier molecular flexibility index (Phi) is 50.3. The molecule has 8 atom stereocenters.